The molecule has 7 heteroatoms. The molecule has 1 fully saturated rings. The van der Waals surface area contributed by atoms with Crippen molar-refractivity contribution in [2.75, 3.05) is 43.3 Å². The molecule has 2 aromatic carbocycles. The van der Waals surface area contributed by atoms with Crippen LogP contribution < -0.4 is 19.7 Å². The quantitative estimate of drug-likeness (QED) is 0.928. The Morgan fingerprint density at radius 3 is 2.68 bits per heavy atom. The van der Waals surface area contributed by atoms with Gasteiger partial charge < -0.3 is 24.4 Å². The maximum Gasteiger partial charge on any atom is 0.255 e. The zero-order valence-electron chi connectivity index (χ0n) is 13.5. The Kier molecular flexibility index (Phi) is 4.15. The van der Waals surface area contributed by atoms with Crippen LogP contribution in [-0.2, 0) is 4.74 Å². The number of carbonyl (C=O) groups is 1. The van der Waals surface area contributed by atoms with Crippen molar-refractivity contribution in [1.29, 1.82) is 0 Å². The van der Waals surface area contributed by atoms with Crippen molar-refractivity contribution in [2.45, 2.75) is 0 Å². The summed E-state index contributed by atoms with van der Waals surface area (Å²) in [5.74, 6) is 0.217. The summed E-state index contributed by atoms with van der Waals surface area (Å²) in [7, 11) is 0. The van der Waals surface area contributed by atoms with Crippen molar-refractivity contribution in [3.05, 3.63) is 47.8 Å². The largest absolute Gasteiger partial charge is 0.454 e. The summed E-state index contributed by atoms with van der Waals surface area (Å²) in [4.78, 5) is 14.5. The molecule has 0 bridgehead atoms. The number of halogens is 1. The van der Waals surface area contributed by atoms with Gasteiger partial charge in [0.2, 0.25) is 6.79 Å². The van der Waals surface area contributed by atoms with Gasteiger partial charge >= 0.3 is 0 Å². The highest BCUT2D eigenvalue weighted by molar-refractivity contribution is 6.05. The number of carbonyl (C=O) groups excluding carboxylic acids is 1. The molecule has 130 valence electrons. The predicted octanol–water partition coefficient (Wildman–Crippen LogP) is 2.64. The minimum atomic E-state index is -0.480. The van der Waals surface area contributed by atoms with Gasteiger partial charge in [-0.15, -0.1) is 0 Å². The number of hydrogen-bond donors (Lipinski definition) is 1. The smallest absolute Gasteiger partial charge is 0.255 e. The number of amides is 1. The second kappa shape index (κ2) is 6.60. The van der Waals surface area contributed by atoms with E-state index in [2.05, 4.69) is 10.2 Å². The van der Waals surface area contributed by atoms with E-state index in [0.29, 0.717) is 30.3 Å². The van der Waals surface area contributed by atoms with E-state index in [4.69, 9.17) is 14.2 Å². The molecule has 0 aromatic heterocycles. The van der Waals surface area contributed by atoms with Crippen molar-refractivity contribution in [1.82, 2.24) is 0 Å². The first-order valence-corrected chi connectivity index (χ1v) is 8.04. The maximum atomic E-state index is 14.1. The number of ether oxygens (including phenoxy) is 3. The molecule has 0 unspecified atom stereocenters. The molecule has 2 aliphatic heterocycles. The van der Waals surface area contributed by atoms with Crippen LogP contribution >= 0.6 is 0 Å². The van der Waals surface area contributed by atoms with Crippen molar-refractivity contribution >= 4 is 17.3 Å². The van der Waals surface area contributed by atoms with E-state index in [9.17, 15) is 9.18 Å². The van der Waals surface area contributed by atoms with E-state index in [0.717, 1.165) is 18.8 Å². The molecule has 0 saturated carbocycles. The zero-order valence-corrected chi connectivity index (χ0v) is 13.5. The number of nitrogens with one attached hydrogen (secondary N) is 1. The highest BCUT2D eigenvalue weighted by Gasteiger charge is 2.18. The number of nitrogens with zero attached hydrogens (tertiary/aromatic N) is 1. The van der Waals surface area contributed by atoms with E-state index in [-0.39, 0.29) is 12.5 Å². The Labute approximate surface area is 144 Å². The highest BCUT2D eigenvalue weighted by atomic mass is 19.1. The molecular formula is C18H17FN2O4. The normalized spacial score (nSPS) is 16.0. The molecule has 0 aliphatic carbocycles. The van der Waals surface area contributed by atoms with Gasteiger partial charge in [0, 0.05) is 24.3 Å². The van der Waals surface area contributed by atoms with Crippen molar-refractivity contribution < 1.29 is 23.4 Å². The lowest BCUT2D eigenvalue weighted by Crippen LogP contribution is -2.36. The lowest BCUT2D eigenvalue weighted by molar-refractivity contribution is 0.102. The van der Waals surface area contributed by atoms with Gasteiger partial charge in [0.15, 0.2) is 11.5 Å². The molecule has 25 heavy (non-hydrogen) atoms. The van der Waals surface area contributed by atoms with Crippen molar-refractivity contribution in [3.63, 3.8) is 0 Å². The fourth-order valence-corrected chi connectivity index (χ4v) is 2.86. The van der Waals surface area contributed by atoms with Crippen LogP contribution in [0.3, 0.4) is 0 Å². The molecule has 6 nitrogen and oxygen atoms in total. The Morgan fingerprint density at radius 1 is 1.04 bits per heavy atom. The van der Waals surface area contributed by atoms with Gasteiger partial charge in [0.05, 0.1) is 18.9 Å². The average Bonchev–Trinajstić information content (AvgIpc) is 3.12. The lowest BCUT2D eigenvalue weighted by atomic mass is 10.1. The third kappa shape index (κ3) is 3.23. The molecule has 2 heterocycles. The topological polar surface area (TPSA) is 60.0 Å². The van der Waals surface area contributed by atoms with Gasteiger partial charge in [0.25, 0.3) is 5.91 Å². The van der Waals surface area contributed by atoms with E-state index in [1.54, 1.807) is 30.3 Å². The van der Waals surface area contributed by atoms with E-state index in [1.165, 1.54) is 6.07 Å². The van der Waals surface area contributed by atoms with Crippen molar-refractivity contribution in [2.24, 2.45) is 0 Å². The number of hydrogen-bond acceptors (Lipinski definition) is 5. The molecular weight excluding hydrogens is 327 g/mol. The second-order valence-electron chi connectivity index (χ2n) is 5.79. The third-order valence-electron chi connectivity index (χ3n) is 4.21. The highest BCUT2D eigenvalue weighted by Crippen LogP contribution is 2.33. The monoisotopic (exact) mass is 344 g/mol. The van der Waals surface area contributed by atoms with Crippen LogP contribution in [-0.4, -0.2) is 39.0 Å². The lowest BCUT2D eigenvalue weighted by Gasteiger charge is -2.29. The summed E-state index contributed by atoms with van der Waals surface area (Å²) in [5, 5.41) is 2.63. The van der Waals surface area contributed by atoms with E-state index in [1.807, 2.05) is 0 Å². The summed E-state index contributed by atoms with van der Waals surface area (Å²) in [5.41, 5.74) is 1.37. The predicted molar refractivity (Wildman–Crippen MR) is 90.0 cm³/mol. The van der Waals surface area contributed by atoms with Crippen LogP contribution in [0.25, 0.3) is 0 Å². The Morgan fingerprint density at radius 2 is 1.84 bits per heavy atom. The standard InChI is InChI=1S/C18H17FN2O4/c19-14-3-2-13(21-5-7-23-8-6-21)10-15(14)20-18(22)12-1-4-16-17(9-12)25-11-24-16/h1-4,9-10H,5-8,11H2,(H,20,22). The number of morpholine rings is 1. The number of benzene rings is 2. The second-order valence-corrected chi connectivity index (χ2v) is 5.79. The Hall–Kier alpha value is -2.80. The minimum absolute atomic E-state index is 0.136. The summed E-state index contributed by atoms with van der Waals surface area (Å²) < 4.78 is 29.9. The molecule has 1 N–H and O–H groups in total. The van der Waals surface area contributed by atoms with Gasteiger partial charge in [-0.3, -0.25) is 4.79 Å². The van der Waals surface area contributed by atoms with Crippen LogP contribution in [0.15, 0.2) is 36.4 Å². The molecule has 0 atom stereocenters. The van der Waals surface area contributed by atoms with E-state index >= 15 is 0 Å². The fourth-order valence-electron chi connectivity index (χ4n) is 2.86. The maximum absolute atomic E-state index is 14.1. The van der Waals surface area contributed by atoms with E-state index < -0.39 is 11.7 Å². The van der Waals surface area contributed by atoms with Gasteiger partial charge in [-0.05, 0) is 36.4 Å². The van der Waals surface area contributed by atoms with Crippen LogP contribution in [0.5, 0.6) is 11.5 Å². The molecule has 2 aromatic rings. The van der Waals surface area contributed by atoms with Gasteiger partial charge in [-0.1, -0.05) is 0 Å². The third-order valence-corrected chi connectivity index (χ3v) is 4.21. The minimum Gasteiger partial charge on any atom is -0.454 e. The summed E-state index contributed by atoms with van der Waals surface area (Å²) in [6.07, 6.45) is 0. The molecule has 1 amide bonds. The first-order chi connectivity index (χ1) is 12.2. The Balaban J connectivity index is 1.54. The number of fused-ring (bicyclic) bond motifs is 1. The van der Waals surface area contributed by atoms with Crippen LogP contribution in [0, 0.1) is 5.82 Å². The average molecular weight is 344 g/mol. The van der Waals surface area contributed by atoms with Crippen LogP contribution in [0.2, 0.25) is 0 Å². The van der Waals surface area contributed by atoms with Gasteiger partial charge in [-0.2, -0.15) is 0 Å². The van der Waals surface area contributed by atoms with Gasteiger partial charge in [0.1, 0.15) is 5.82 Å². The molecule has 2 aliphatic rings. The summed E-state index contributed by atoms with van der Waals surface area (Å²) >= 11 is 0. The first-order valence-electron chi connectivity index (χ1n) is 8.04. The molecule has 1 saturated heterocycles. The van der Waals surface area contributed by atoms with Crippen LogP contribution in [0.4, 0.5) is 15.8 Å². The summed E-state index contributed by atoms with van der Waals surface area (Å²) in [6.45, 7) is 2.88. The van der Waals surface area contributed by atoms with Crippen molar-refractivity contribution in [3.8, 4) is 11.5 Å². The Bertz CT molecular complexity index is 806. The molecule has 0 radical (unpaired) electrons. The number of anilines is 2. The SMILES string of the molecule is O=C(Nc1cc(N2CCOCC2)ccc1F)c1ccc2c(c1)OCO2. The van der Waals surface area contributed by atoms with Gasteiger partial charge in [-0.25, -0.2) is 4.39 Å². The molecule has 0 spiro atoms. The summed E-state index contributed by atoms with van der Waals surface area (Å²) in [6, 6.07) is 9.58. The first kappa shape index (κ1) is 15.7. The zero-order chi connectivity index (χ0) is 17.2. The number of rotatable bonds is 3. The van der Waals surface area contributed by atoms with Crippen LogP contribution in [0.1, 0.15) is 10.4 Å². The molecule has 4 rings (SSSR count). The fraction of sp³-hybridized carbons (Fsp3) is 0.278.